The van der Waals surface area contributed by atoms with Gasteiger partial charge in [-0.2, -0.15) is 0 Å². The van der Waals surface area contributed by atoms with E-state index < -0.39 is 0 Å². The van der Waals surface area contributed by atoms with E-state index in [0.717, 1.165) is 100 Å². The molecule has 10 aromatic rings. The van der Waals surface area contributed by atoms with E-state index in [1.807, 2.05) is 72.8 Å². The number of benzene rings is 5. The summed E-state index contributed by atoms with van der Waals surface area (Å²) < 4.78 is 5.38. The summed E-state index contributed by atoms with van der Waals surface area (Å²) in [5.74, 6) is 0. The number of para-hydroxylation sites is 1. The van der Waals surface area contributed by atoms with Crippen molar-refractivity contribution in [1.82, 2.24) is 30.2 Å². The summed E-state index contributed by atoms with van der Waals surface area (Å²) in [7, 11) is 0. The SMILES string of the molecule is c1ccc(-c2cc3c(-c4cccc(-c5ccc(-c6cc(-c7ccccn7)nc(-c7ccccn7)c6)cc5)c4)nc4ccccc4c3c3nonc23)cc1. The van der Waals surface area contributed by atoms with E-state index in [4.69, 9.17) is 14.6 Å². The third kappa shape index (κ3) is 5.48. The third-order valence-electron chi connectivity index (χ3n) is 9.65. The lowest BCUT2D eigenvalue weighted by molar-refractivity contribution is 0.316. The summed E-state index contributed by atoms with van der Waals surface area (Å²) in [5.41, 5.74) is 13.7. The van der Waals surface area contributed by atoms with Gasteiger partial charge in [0.15, 0.2) is 0 Å². The van der Waals surface area contributed by atoms with Gasteiger partial charge in [-0.1, -0.05) is 103 Å². The minimum atomic E-state index is 0.724. The summed E-state index contributed by atoms with van der Waals surface area (Å²) in [6, 6.07) is 53.7. The van der Waals surface area contributed by atoms with Crippen LogP contribution in [0.25, 0.3) is 100 Å². The minimum absolute atomic E-state index is 0.724. The van der Waals surface area contributed by atoms with Gasteiger partial charge in [0.05, 0.1) is 34.0 Å². The van der Waals surface area contributed by atoms with Crippen LogP contribution in [0.15, 0.2) is 175 Å². The molecule has 5 heterocycles. The Morgan fingerprint density at radius 1 is 0.377 bits per heavy atom. The quantitative estimate of drug-likeness (QED) is 0.161. The molecule has 0 spiro atoms. The molecule has 0 amide bonds. The van der Waals surface area contributed by atoms with E-state index in [0.29, 0.717) is 0 Å². The standard InChI is InChI=1S/C46H28N6O/c1-2-11-31(12-3-1)36-28-37-43(46-45(36)51-53-52-46)35-15-4-5-16-38(35)50-44(37)33-14-10-13-32(25-33)29-19-21-30(22-20-29)34-26-41(39-17-6-8-23-47-39)49-42(27-34)40-18-7-9-24-48-40/h1-28H. The van der Waals surface area contributed by atoms with Gasteiger partial charge in [-0.3, -0.25) is 9.97 Å². The van der Waals surface area contributed by atoms with Gasteiger partial charge in [0, 0.05) is 39.7 Å². The van der Waals surface area contributed by atoms with Crippen molar-refractivity contribution in [2.75, 3.05) is 0 Å². The van der Waals surface area contributed by atoms with Crippen molar-refractivity contribution < 1.29 is 4.63 Å². The Labute approximate surface area is 304 Å². The van der Waals surface area contributed by atoms with Crippen molar-refractivity contribution in [2.24, 2.45) is 0 Å². The first-order chi connectivity index (χ1) is 26.3. The zero-order chi connectivity index (χ0) is 35.1. The molecule has 0 atom stereocenters. The van der Waals surface area contributed by atoms with Gasteiger partial charge in [-0.15, -0.1) is 0 Å². The molecule has 0 N–H and O–H groups in total. The Morgan fingerprint density at radius 3 is 1.72 bits per heavy atom. The van der Waals surface area contributed by atoms with Crippen molar-refractivity contribution >= 4 is 32.7 Å². The maximum Gasteiger partial charge on any atom is 0.144 e. The average molecular weight is 681 g/mol. The first-order valence-electron chi connectivity index (χ1n) is 17.4. The van der Waals surface area contributed by atoms with Crippen LogP contribution in [-0.2, 0) is 0 Å². The Balaban J connectivity index is 1.09. The lowest BCUT2D eigenvalue weighted by atomic mass is 9.93. The van der Waals surface area contributed by atoms with E-state index in [9.17, 15) is 0 Å². The highest BCUT2D eigenvalue weighted by Gasteiger charge is 2.20. The second-order valence-corrected chi connectivity index (χ2v) is 12.9. The number of nitrogens with zero attached hydrogens (tertiary/aromatic N) is 6. The maximum atomic E-state index is 5.38. The maximum absolute atomic E-state index is 5.38. The molecular weight excluding hydrogens is 653 g/mol. The number of fused-ring (bicyclic) bond motifs is 5. The molecule has 0 unspecified atom stereocenters. The van der Waals surface area contributed by atoms with Crippen LogP contribution >= 0.6 is 0 Å². The molecule has 0 fully saturated rings. The topological polar surface area (TPSA) is 90.5 Å². The molecule has 0 radical (unpaired) electrons. The predicted molar refractivity (Wildman–Crippen MR) is 211 cm³/mol. The second-order valence-electron chi connectivity index (χ2n) is 12.9. The van der Waals surface area contributed by atoms with Crippen molar-refractivity contribution in [1.29, 1.82) is 0 Å². The second kappa shape index (κ2) is 12.7. The van der Waals surface area contributed by atoms with Crippen molar-refractivity contribution in [3.63, 3.8) is 0 Å². The summed E-state index contributed by atoms with van der Waals surface area (Å²) >= 11 is 0. The number of pyridine rings is 4. The highest BCUT2D eigenvalue weighted by molar-refractivity contribution is 6.23. The molecule has 5 aromatic heterocycles. The summed E-state index contributed by atoms with van der Waals surface area (Å²) in [6.45, 7) is 0. The normalized spacial score (nSPS) is 11.4. The van der Waals surface area contributed by atoms with Crippen LogP contribution < -0.4 is 0 Å². The molecule has 0 aliphatic carbocycles. The summed E-state index contributed by atoms with van der Waals surface area (Å²) in [5, 5.41) is 11.8. The Kier molecular flexibility index (Phi) is 7.32. The van der Waals surface area contributed by atoms with Gasteiger partial charge in [-0.05, 0) is 92.7 Å². The van der Waals surface area contributed by atoms with Crippen LogP contribution in [0.5, 0.6) is 0 Å². The first kappa shape index (κ1) is 30.4. The summed E-state index contributed by atoms with van der Waals surface area (Å²) in [6.07, 6.45) is 3.58. The Bertz CT molecular complexity index is 2870. The third-order valence-corrected chi connectivity index (χ3v) is 9.65. The zero-order valence-electron chi connectivity index (χ0n) is 28.3. The van der Waals surface area contributed by atoms with Crippen LogP contribution in [0.3, 0.4) is 0 Å². The predicted octanol–water partition coefficient (Wildman–Crippen LogP) is 11.1. The molecule has 0 aliphatic rings. The smallest absolute Gasteiger partial charge is 0.144 e. The average Bonchev–Trinajstić information content (AvgIpc) is 3.74. The lowest BCUT2D eigenvalue weighted by Crippen LogP contribution is -1.94. The highest BCUT2D eigenvalue weighted by atomic mass is 16.6. The minimum Gasteiger partial charge on any atom is -0.255 e. The zero-order valence-corrected chi connectivity index (χ0v) is 28.3. The molecule has 7 nitrogen and oxygen atoms in total. The van der Waals surface area contributed by atoms with Crippen LogP contribution in [0, 0.1) is 0 Å². The van der Waals surface area contributed by atoms with E-state index in [2.05, 4.69) is 105 Å². The van der Waals surface area contributed by atoms with Crippen molar-refractivity contribution in [3.8, 4) is 67.4 Å². The molecule has 0 saturated heterocycles. The number of aromatic nitrogens is 6. The largest absolute Gasteiger partial charge is 0.255 e. The monoisotopic (exact) mass is 680 g/mol. The van der Waals surface area contributed by atoms with Crippen LogP contribution in [0.1, 0.15) is 0 Å². The van der Waals surface area contributed by atoms with Crippen LogP contribution in [0.2, 0.25) is 0 Å². The van der Waals surface area contributed by atoms with Gasteiger partial charge in [0.2, 0.25) is 0 Å². The van der Waals surface area contributed by atoms with Gasteiger partial charge >= 0.3 is 0 Å². The Hall–Kier alpha value is -7.38. The van der Waals surface area contributed by atoms with Gasteiger partial charge in [0.25, 0.3) is 0 Å². The Morgan fingerprint density at radius 2 is 1.00 bits per heavy atom. The van der Waals surface area contributed by atoms with E-state index in [1.165, 1.54) is 0 Å². The summed E-state index contributed by atoms with van der Waals surface area (Å²) in [4.78, 5) is 19.3. The number of rotatable bonds is 6. The number of hydrogen-bond acceptors (Lipinski definition) is 7. The molecule has 0 aliphatic heterocycles. The van der Waals surface area contributed by atoms with Gasteiger partial charge < -0.3 is 0 Å². The van der Waals surface area contributed by atoms with E-state index >= 15 is 0 Å². The molecule has 0 bridgehead atoms. The van der Waals surface area contributed by atoms with Crippen LogP contribution in [-0.4, -0.2) is 30.2 Å². The highest BCUT2D eigenvalue weighted by Crippen LogP contribution is 2.41. The lowest BCUT2D eigenvalue weighted by Gasteiger charge is -2.13. The van der Waals surface area contributed by atoms with Gasteiger partial charge in [0.1, 0.15) is 11.0 Å². The molecule has 53 heavy (non-hydrogen) atoms. The van der Waals surface area contributed by atoms with Gasteiger partial charge in [-0.25, -0.2) is 14.6 Å². The fourth-order valence-electron chi connectivity index (χ4n) is 7.11. The van der Waals surface area contributed by atoms with Crippen molar-refractivity contribution in [2.45, 2.75) is 0 Å². The van der Waals surface area contributed by atoms with E-state index in [-0.39, 0.29) is 0 Å². The van der Waals surface area contributed by atoms with E-state index in [1.54, 1.807) is 12.4 Å². The molecule has 7 heteroatoms. The van der Waals surface area contributed by atoms with Crippen LogP contribution in [0.4, 0.5) is 0 Å². The molecule has 0 saturated carbocycles. The molecule has 5 aromatic carbocycles. The molecular formula is C46H28N6O. The van der Waals surface area contributed by atoms with Crippen molar-refractivity contribution in [3.05, 3.63) is 170 Å². The molecule has 10 rings (SSSR count). The fraction of sp³-hybridized carbons (Fsp3) is 0. The number of hydrogen-bond donors (Lipinski definition) is 0. The fourth-order valence-corrected chi connectivity index (χ4v) is 7.11. The molecule has 248 valence electrons. The first-order valence-corrected chi connectivity index (χ1v) is 17.4.